The number of hydrogen-bond donors (Lipinski definition) is 1. The molecule has 1 aromatic carbocycles. The monoisotopic (exact) mass is 322 g/mol. The van der Waals surface area contributed by atoms with Gasteiger partial charge in [0.05, 0.1) is 0 Å². The number of nitrogens with zero attached hydrogens (tertiary/aromatic N) is 1. The maximum atomic E-state index is 12.9. The second-order valence-electron chi connectivity index (χ2n) is 7.19. The topological polar surface area (TPSA) is 41.6 Å². The molecule has 0 bridgehead atoms. The third kappa shape index (κ3) is 6.18. The van der Waals surface area contributed by atoms with Gasteiger partial charge in [0, 0.05) is 19.6 Å². The van der Waals surface area contributed by atoms with Crippen LogP contribution in [0.3, 0.4) is 0 Å². The lowest BCUT2D eigenvalue weighted by atomic mass is 9.98. The minimum absolute atomic E-state index is 0.214. The van der Waals surface area contributed by atoms with Crippen LogP contribution in [-0.4, -0.2) is 36.2 Å². The molecule has 23 heavy (non-hydrogen) atoms. The number of halogens is 1. The zero-order valence-corrected chi connectivity index (χ0v) is 14.3. The van der Waals surface area contributed by atoms with Gasteiger partial charge in [-0.15, -0.1) is 0 Å². The fourth-order valence-electron chi connectivity index (χ4n) is 2.75. The predicted molar refractivity (Wildman–Crippen MR) is 88.6 cm³/mol. The molecule has 1 atom stereocenters. The molecule has 0 aromatic heterocycles. The van der Waals surface area contributed by atoms with E-state index in [0.717, 1.165) is 38.0 Å². The van der Waals surface area contributed by atoms with Crippen LogP contribution in [0.2, 0.25) is 0 Å². The normalized spacial score (nSPS) is 18.8. The fraction of sp³-hybridized carbons (Fsp3) is 0.611. The highest BCUT2D eigenvalue weighted by Crippen LogP contribution is 2.19. The highest BCUT2D eigenvalue weighted by molar-refractivity contribution is 5.68. The van der Waals surface area contributed by atoms with Crippen molar-refractivity contribution in [3.05, 3.63) is 35.6 Å². The van der Waals surface area contributed by atoms with Crippen LogP contribution in [0, 0.1) is 11.7 Å². The molecule has 1 heterocycles. The number of carbonyl (C=O) groups is 1. The molecule has 1 aromatic rings. The number of likely N-dealkylation sites (tertiary alicyclic amines) is 1. The minimum atomic E-state index is -0.454. The first-order chi connectivity index (χ1) is 10.8. The van der Waals surface area contributed by atoms with Crippen molar-refractivity contribution in [3.8, 4) is 0 Å². The molecule has 128 valence electrons. The Bertz CT molecular complexity index is 511. The van der Waals surface area contributed by atoms with Crippen LogP contribution in [-0.2, 0) is 11.3 Å². The summed E-state index contributed by atoms with van der Waals surface area (Å²) in [6.07, 6.45) is 1.89. The van der Waals surface area contributed by atoms with Gasteiger partial charge in [-0.3, -0.25) is 0 Å². The van der Waals surface area contributed by atoms with Gasteiger partial charge in [0.15, 0.2) is 0 Å². The molecule has 0 radical (unpaired) electrons. The van der Waals surface area contributed by atoms with E-state index in [1.807, 2.05) is 20.8 Å². The Morgan fingerprint density at radius 1 is 1.35 bits per heavy atom. The Balaban J connectivity index is 1.75. The van der Waals surface area contributed by atoms with Crippen molar-refractivity contribution >= 4 is 6.09 Å². The van der Waals surface area contributed by atoms with Gasteiger partial charge in [0.2, 0.25) is 0 Å². The summed E-state index contributed by atoms with van der Waals surface area (Å²) in [7, 11) is 0. The third-order valence-corrected chi connectivity index (χ3v) is 3.85. The molecule has 0 spiro atoms. The molecule has 1 fully saturated rings. The van der Waals surface area contributed by atoms with Crippen molar-refractivity contribution in [2.24, 2.45) is 5.92 Å². The van der Waals surface area contributed by atoms with Gasteiger partial charge >= 0.3 is 6.09 Å². The Kier molecular flexibility index (Phi) is 5.99. The van der Waals surface area contributed by atoms with Gasteiger partial charge in [-0.2, -0.15) is 0 Å². The number of benzene rings is 1. The second kappa shape index (κ2) is 7.77. The first-order valence-electron chi connectivity index (χ1n) is 8.26. The summed E-state index contributed by atoms with van der Waals surface area (Å²) in [5.41, 5.74) is 0.608. The lowest BCUT2D eigenvalue weighted by Crippen LogP contribution is -2.44. The lowest BCUT2D eigenvalue weighted by Gasteiger charge is -2.34. The molecular formula is C18H27FN2O2. The molecule has 0 saturated carbocycles. The summed E-state index contributed by atoms with van der Waals surface area (Å²) in [6, 6.07) is 6.52. The summed E-state index contributed by atoms with van der Waals surface area (Å²) >= 11 is 0. The standard InChI is InChI=1S/C18H27FN2O2/c1-18(2,3)23-17(22)21-10-4-5-15(13-21)12-20-11-14-6-8-16(19)9-7-14/h6-9,15,20H,4-5,10-13H2,1-3H3. The third-order valence-electron chi connectivity index (χ3n) is 3.85. The lowest BCUT2D eigenvalue weighted by molar-refractivity contribution is 0.0166. The van der Waals surface area contributed by atoms with E-state index in [2.05, 4.69) is 5.32 Å². The van der Waals surface area contributed by atoms with E-state index in [0.29, 0.717) is 12.5 Å². The quantitative estimate of drug-likeness (QED) is 0.921. The largest absolute Gasteiger partial charge is 0.444 e. The van der Waals surface area contributed by atoms with E-state index >= 15 is 0 Å². The summed E-state index contributed by atoms with van der Waals surface area (Å²) in [5.74, 6) is 0.214. The Labute approximate surface area is 138 Å². The number of carbonyl (C=O) groups excluding carboxylic acids is 1. The van der Waals surface area contributed by atoms with Crippen LogP contribution in [0.15, 0.2) is 24.3 Å². The second-order valence-corrected chi connectivity index (χ2v) is 7.19. The fourth-order valence-corrected chi connectivity index (χ4v) is 2.75. The van der Waals surface area contributed by atoms with Crippen molar-refractivity contribution in [3.63, 3.8) is 0 Å². The Hall–Kier alpha value is -1.62. The van der Waals surface area contributed by atoms with E-state index in [4.69, 9.17) is 4.74 Å². The Morgan fingerprint density at radius 3 is 2.70 bits per heavy atom. The molecule has 0 aliphatic carbocycles. The molecule has 1 saturated heterocycles. The summed E-state index contributed by atoms with van der Waals surface area (Å²) in [5, 5.41) is 3.40. The number of nitrogens with one attached hydrogen (secondary N) is 1. The average molecular weight is 322 g/mol. The number of rotatable bonds is 4. The summed E-state index contributed by atoms with van der Waals surface area (Å²) in [4.78, 5) is 13.9. The average Bonchev–Trinajstić information content (AvgIpc) is 2.48. The van der Waals surface area contributed by atoms with Gasteiger partial charge < -0.3 is 15.0 Å². The van der Waals surface area contributed by atoms with Crippen molar-refractivity contribution in [2.75, 3.05) is 19.6 Å². The molecular weight excluding hydrogens is 295 g/mol. The van der Waals surface area contributed by atoms with Crippen LogP contribution < -0.4 is 5.32 Å². The van der Waals surface area contributed by atoms with Crippen molar-refractivity contribution in [1.82, 2.24) is 10.2 Å². The zero-order valence-electron chi connectivity index (χ0n) is 14.3. The molecule has 1 unspecified atom stereocenters. The smallest absolute Gasteiger partial charge is 0.410 e. The summed E-state index contributed by atoms with van der Waals surface area (Å²) in [6.45, 7) is 8.71. The van der Waals surface area contributed by atoms with Crippen LogP contribution >= 0.6 is 0 Å². The highest BCUT2D eigenvalue weighted by atomic mass is 19.1. The summed E-state index contributed by atoms with van der Waals surface area (Å²) < 4.78 is 18.3. The van der Waals surface area contributed by atoms with Gasteiger partial charge in [0.1, 0.15) is 11.4 Å². The van der Waals surface area contributed by atoms with Crippen molar-refractivity contribution < 1.29 is 13.9 Å². The molecule has 1 aliphatic heterocycles. The molecule has 4 nitrogen and oxygen atoms in total. The molecule has 2 rings (SSSR count). The number of hydrogen-bond acceptors (Lipinski definition) is 3. The predicted octanol–water partition coefficient (Wildman–Crippen LogP) is 3.56. The number of amides is 1. The molecule has 1 aliphatic rings. The van der Waals surface area contributed by atoms with Crippen LogP contribution in [0.1, 0.15) is 39.2 Å². The number of ether oxygens (including phenoxy) is 1. The first kappa shape index (κ1) is 17.7. The van der Waals surface area contributed by atoms with E-state index in [1.54, 1.807) is 17.0 Å². The molecule has 1 amide bonds. The maximum absolute atomic E-state index is 12.9. The van der Waals surface area contributed by atoms with Gasteiger partial charge in [-0.25, -0.2) is 9.18 Å². The zero-order chi connectivity index (χ0) is 16.9. The minimum Gasteiger partial charge on any atom is -0.444 e. The SMILES string of the molecule is CC(C)(C)OC(=O)N1CCCC(CNCc2ccc(F)cc2)C1. The van der Waals surface area contributed by atoms with Crippen LogP contribution in [0.5, 0.6) is 0 Å². The van der Waals surface area contributed by atoms with E-state index in [1.165, 1.54) is 12.1 Å². The van der Waals surface area contributed by atoms with Gasteiger partial charge in [-0.05, 0) is 63.8 Å². The van der Waals surface area contributed by atoms with E-state index in [-0.39, 0.29) is 11.9 Å². The molecule has 1 N–H and O–H groups in total. The van der Waals surface area contributed by atoms with Gasteiger partial charge in [-0.1, -0.05) is 12.1 Å². The van der Waals surface area contributed by atoms with E-state index < -0.39 is 5.60 Å². The molecule has 5 heteroatoms. The number of piperidine rings is 1. The van der Waals surface area contributed by atoms with E-state index in [9.17, 15) is 9.18 Å². The van der Waals surface area contributed by atoms with Crippen LogP contribution in [0.4, 0.5) is 9.18 Å². The maximum Gasteiger partial charge on any atom is 0.410 e. The Morgan fingerprint density at radius 2 is 2.04 bits per heavy atom. The van der Waals surface area contributed by atoms with Gasteiger partial charge in [0.25, 0.3) is 0 Å². The highest BCUT2D eigenvalue weighted by Gasteiger charge is 2.27. The van der Waals surface area contributed by atoms with Crippen molar-refractivity contribution in [2.45, 2.75) is 45.8 Å². The first-order valence-corrected chi connectivity index (χ1v) is 8.26. The van der Waals surface area contributed by atoms with Crippen molar-refractivity contribution in [1.29, 1.82) is 0 Å². The van der Waals surface area contributed by atoms with Crippen LogP contribution in [0.25, 0.3) is 0 Å².